The molecule has 0 saturated carbocycles. The first-order valence-electron chi connectivity index (χ1n) is 6.24. The zero-order valence-corrected chi connectivity index (χ0v) is 11.2. The summed E-state index contributed by atoms with van der Waals surface area (Å²) in [5.74, 6) is 1.48. The van der Waals surface area contributed by atoms with Crippen molar-refractivity contribution in [1.29, 1.82) is 0 Å². The molecule has 0 spiro atoms. The summed E-state index contributed by atoms with van der Waals surface area (Å²) in [6, 6.07) is 0. The monoisotopic (exact) mass is 271 g/mol. The molecule has 0 amide bonds. The van der Waals surface area contributed by atoms with Crippen molar-refractivity contribution in [3.8, 4) is 0 Å². The van der Waals surface area contributed by atoms with Crippen LogP contribution in [0.3, 0.4) is 0 Å². The number of nitrogens with one attached hydrogen (secondary N) is 1. The molecule has 2 saturated heterocycles. The van der Waals surface area contributed by atoms with Crippen LogP contribution in [0.1, 0.15) is 37.4 Å². The molecular formula is C11H17N3O3S. The Balaban J connectivity index is 1.82. The number of nitrogens with zero attached hydrogens (tertiary/aromatic N) is 2. The highest BCUT2D eigenvalue weighted by Crippen LogP contribution is 2.32. The highest BCUT2D eigenvalue weighted by molar-refractivity contribution is 7.91. The van der Waals surface area contributed by atoms with E-state index in [9.17, 15) is 8.42 Å². The summed E-state index contributed by atoms with van der Waals surface area (Å²) >= 11 is 0. The third-order valence-corrected chi connectivity index (χ3v) is 5.69. The summed E-state index contributed by atoms with van der Waals surface area (Å²) in [5.41, 5.74) is -0.108. The Morgan fingerprint density at radius 1 is 1.50 bits per heavy atom. The van der Waals surface area contributed by atoms with Gasteiger partial charge >= 0.3 is 0 Å². The zero-order valence-electron chi connectivity index (χ0n) is 10.3. The van der Waals surface area contributed by atoms with E-state index in [2.05, 4.69) is 22.4 Å². The molecule has 18 heavy (non-hydrogen) atoms. The first kappa shape index (κ1) is 12.1. The minimum absolute atomic E-state index is 0.0922. The molecule has 2 aliphatic rings. The molecule has 6 nitrogen and oxygen atoms in total. The van der Waals surface area contributed by atoms with Gasteiger partial charge in [0.1, 0.15) is 0 Å². The second-order valence-electron chi connectivity index (χ2n) is 5.55. The lowest BCUT2D eigenvalue weighted by atomic mass is 9.90. The molecule has 2 aliphatic heterocycles. The van der Waals surface area contributed by atoms with Gasteiger partial charge in [0.25, 0.3) is 0 Å². The molecule has 3 rings (SSSR count). The largest absolute Gasteiger partial charge is 0.339 e. The maximum Gasteiger partial charge on any atom is 0.233 e. The van der Waals surface area contributed by atoms with Gasteiger partial charge in [-0.2, -0.15) is 4.98 Å². The molecule has 0 bridgehead atoms. The van der Waals surface area contributed by atoms with Gasteiger partial charge in [-0.05, 0) is 26.3 Å². The third kappa shape index (κ3) is 2.05. The van der Waals surface area contributed by atoms with Gasteiger partial charge in [-0.1, -0.05) is 5.16 Å². The van der Waals surface area contributed by atoms with Crippen molar-refractivity contribution < 1.29 is 12.9 Å². The molecule has 2 fully saturated rings. The van der Waals surface area contributed by atoms with Gasteiger partial charge in [-0.15, -0.1) is 0 Å². The van der Waals surface area contributed by atoms with Gasteiger partial charge in [0, 0.05) is 12.5 Å². The first-order chi connectivity index (χ1) is 8.49. The number of rotatable bonds is 2. The van der Waals surface area contributed by atoms with E-state index in [0.717, 1.165) is 19.5 Å². The van der Waals surface area contributed by atoms with Gasteiger partial charge in [0.05, 0.1) is 16.9 Å². The molecule has 100 valence electrons. The lowest BCUT2D eigenvalue weighted by molar-refractivity contribution is 0.303. The molecule has 3 heterocycles. The molecule has 7 heteroatoms. The summed E-state index contributed by atoms with van der Waals surface area (Å²) < 4.78 is 28.2. The van der Waals surface area contributed by atoms with E-state index in [1.54, 1.807) is 0 Å². The van der Waals surface area contributed by atoms with Crippen LogP contribution >= 0.6 is 0 Å². The highest BCUT2D eigenvalue weighted by atomic mass is 32.2. The van der Waals surface area contributed by atoms with Gasteiger partial charge in [0.15, 0.2) is 15.7 Å². The average molecular weight is 271 g/mol. The van der Waals surface area contributed by atoms with Crippen molar-refractivity contribution in [2.24, 2.45) is 0 Å². The molecule has 1 N–H and O–H groups in total. The van der Waals surface area contributed by atoms with Gasteiger partial charge in [-0.25, -0.2) is 8.42 Å². The Morgan fingerprint density at radius 2 is 2.33 bits per heavy atom. The van der Waals surface area contributed by atoms with E-state index < -0.39 is 9.84 Å². The molecule has 0 aliphatic carbocycles. The second kappa shape index (κ2) is 4.03. The maximum atomic E-state index is 11.4. The van der Waals surface area contributed by atoms with Crippen LogP contribution in [-0.4, -0.2) is 43.2 Å². The standard InChI is InChI=1S/C11H17N3O3S/c1-11(3-4-12-7-11)10-13-9(14-17-10)8-2-5-18(15,16)6-8/h8,12H,2-7H2,1H3. The maximum absolute atomic E-state index is 11.4. The topological polar surface area (TPSA) is 85.1 Å². The number of aromatic nitrogens is 2. The van der Waals surface area contributed by atoms with Crippen molar-refractivity contribution in [3.05, 3.63) is 11.7 Å². The van der Waals surface area contributed by atoms with Crippen molar-refractivity contribution in [1.82, 2.24) is 15.5 Å². The van der Waals surface area contributed by atoms with Crippen molar-refractivity contribution in [2.45, 2.75) is 31.1 Å². The quantitative estimate of drug-likeness (QED) is 0.828. The SMILES string of the molecule is CC1(c2nc(C3CCS(=O)(=O)C3)no2)CCNC1. The minimum Gasteiger partial charge on any atom is -0.339 e. The molecular weight excluding hydrogens is 254 g/mol. The van der Waals surface area contributed by atoms with Crippen LogP contribution in [-0.2, 0) is 15.3 Å². The Labute approximate surface area is 106 Å². The lowest BCUT2D eigenvalue weighted by Crippen LogP contribution is -2.25. The second-order valence-corrected chi connectivity index (χ2v) is 7.77. The van der Waals surface area contributed by atoms with E-state index in [4.69, 9.17) is 4.52 Å². The highest BCUT2D eigenvalue weighted by Gasteiger charge is 2.38. The third-order valence-electron chi connectivity index (χ3n) is 3.92. The van der Waals surface area contributed by atoms with Crippen LogP contribution in [0.15, 0.2) is 4.52 Å². The molecule has 1 aromatic heterocycles. The Morgan fingerprint density at radius 3 is 2.94 bits per heavy atom. The number of hydrogen-bond acceptors (Lipinski definition) is 6. The number of hydrogen-bond donors (Lipinski definition) is 1. The summed E-state index contributed by atoms with van der Waals surface area (Å²) in [4.78, 5) is 4.43. The van der Waals surface area contributed by atoms with Gasteiger partial charge in [-0.3, -0.25) is 0 Å². The summed E-state index contributed by atoms with van der Waals surface area (Å²) in [7, 11) is -2.90. The smallest absolute Gasteiger partial charge is 0.233 e. The predicted octanol–water partition coefficient (Wildman–Crippen LogP) is 0.223. The Bertz CT molecular complexity index is 546. The molecule has 0 radical (unpaired) electrons. The Hall–Kier alpha value is -0.950. The van der Waals surface area contributed by atoms with Crippen LogP contribution < -0.4 is 5.32 Å². The van der Waals surface area contributed by atoms with E-state index in [0.29, 0.717) is 18.1 Å². The summed E-state index contributed by atoms with van der Waals surface area (Å²) in [5, 5.41) is 7.25. The summed E-state index contributed by atoms with van der Waals surface area (Å²) in [6.07, 6.45) is 1.58. The lowest BCUT2D eigenvalue weighted by Gasteiger charge is -2.16. The normalized spacial score (nSPS) is 35.1. The van der Waals surface area contributed by atoms with E-state index in [-0.39, 0.29) is 22.8 Å². The fourth-order valence-electron chi connectivity index (χ4n) is 2.64. The molecule has 2 atom stereocenters. The fraction of sp³-hybridized carbons (Fsp3) is 0.818. The fourth-order valence-corrected chi connectivity index (χ4v) is 4.38. The molecule has 1 aromatic rings. The van der Waals surface area contributed by atoms with E-state index >= 15 is 0 Å². The van der Waals surface area contributed by atoms with Crippen LogP contribution in [0.2, 0.25) is 0 Å². The summed E-state index contributed by atoms with van der Waals surface area (Å²) in [6.45, 7) is 3.87. The van der Waals surface area contributed by atoms with Crippen LogP contribution in [0.5, 0.6) is 0 Å². The van der Waals surface area contributed by atoms with E-state index in [1.165, 1.54) is 0 Å². The van der Waals surface area contributed by atoms with E-state index in [1.807, 2.05) is 0 Å². The van der Waals surface area contributed by atoms with Crippen LogP contribution in [0.4, 0.5) is 0 Å². The zero-order chi connectivity index (χ0) is 12.8. The van der Waals surface area contributed by atoms with Crippen molar-refractivity contribution in [2.75, 3.05) is 24.6 Å². The average Bonchev–Trinajstić information content (AvgIpc) is 2.97. The van der Waals surface area contributed by atoms with Gasteiger partial charge < -0.3 is 9.84 Å². The Kier molecular flexibility index (Phi) is 2.71. The van der Waals surface area contributed by atoms with Crippen LogP contribution in [0, 0.1) is 0 Å². The minimum atomic E-state index is -2.90. The molecule has 0 aromatic carbocycles. The predicted molar refractivity (Wildman–Crippen MR) is 65.1 cm³/mol. The molecule has 2 unspecified atom stereocenters. The first-order valence-corrected chi connectivity index (χ1v) is 8.06. The van der Waals surface area contributed by atoms with Crippen molar-refractivity contribution in [3.63, 3.8) is 0 Å². The van der Waals surface area contributed by atoms with Crippen molar-refractivity contribution >= 4 is 9.84 Å². The van der Waals surface area contributed by atoms with Gasteiger partial charge in [0.2, 0.25) is 5.89 Å². The van der Waals surface area contributed by atoms with Crippen LogP contribution in [0.25, 0.3) is 0 Å². The number of sulfone groups is 1.